The van der Waals surface area contributed by atoms with Crippen LogP contribution < -0.4 is 10.1 Å². The maximum atomic E-state index is 13.2. The zero-order valence-corrected chi connectivity index (χ0v) is 19.6. The highest BCUT2D eigenvalue weighted by Crippen LogP contribution is 2.27. The van der Waals surface area contributed by atoms with Crippen LogP contribution in [0.5, 0.6) is 5.75 Å². The van der Waals surface area contributed by atoms with E-state index in [0.717, 1.165) is 12.4 Å². The van der Waals surface area contributed by atoms with Crippen LogP contribution in [0.2, 0.25) is 0 Å². The highest BCUT2D eigenvalue weighted by atomic mass is 32.2. The van der Waals surface area contributed by atoms with Gasteiger partial charge in [-0.2, -0.15) is 18.3 Å². The molecule has 3 rings (SSSR count). The van der Waals surface area contributed by atoms with Crippen molar-refractivity contribution in [3.05, 3.63) is 41.7 Å². The van der Waals surface area contributed by atoms with E-state index in [1.165, 1.54) is 22.5 Å². The number of aromatic nitrogens is 2. The average Bonchev–Trinajstić information content (AvgIpc) is 2.85. The van der Waals surface area contributed by atoms with Crippen molar-refractivity contribution in [2.45, 2.75) is 43.7 Å². The van der Waals surface area contributed by atoms with Crippen LogP contribution in [-0.2, 0) is 21.2 Å². The minimum Gasteiger partial charge on any atom is -0.432 e. The number of hydrogen-bond donors (Lipinski definition) is 1. The van der Waals surface area contributed by atoms with Crippen molar-refractivity contribution in [3.63, 3.8) is 0 Å². The molecule has 0 spiro atoms. The molecule has 1 aromatic carbocycles. The molecule has 1 fully saturated rings. The van der Waals surface area contributed by atoms with Crippen molar-refractivity contribution >= 4 is 22.3 Å². The van der Waals surface area contributed by atoms with E-state index in [1.54, 1.807) is 6.92 Å². The zero-order chi connectivity index (χ0) is 25.6. The van der Waals surface area contributed by atoms with E-state index in [0.29, 0.717) is 24.7 Å². The molecule has 0 saturated carbocycles. The summed E-state index contributed by atoms with van der Waals surface area (Å²) in [6, 6.07) is 6.07. The first kappa shape index (κ1) is 26.0. The minimum atomic E-state index is -3.85. The van der Waals surface area contributed by atoms with Crippen molar-refractivity contribution in [3.8, 4) is 24.2 Å². The number of benzene rings is 1. The number of carbonyl (C=O) groups is 1. The van der Waals surface area contributed by atoms with E-state index in [2.05, 4.69) is 25.9 Å². The number of nitrogens with zero attached hydrogens (tertiary/aromatic N) is 4. The molecule has 1 aliphatic heterocycles. The lowest BCUT2D eigenvalue weighted by molar-refractivity contribution is -0.113. The predicted octanol–water partition coefficient (Wildman–Crippen LogP) is 2.60. The molecule has 1 aliphatic rings. The topological polar surface area (TPSA) is 125 Å². The number of halogens is 2. The van der Waals surface area contributed by atoms with Gasteiger partial charge in [-0.05, 0) is 49.9 Å². The number of rotatable bonds is 9. The SMILES string of the molecule is C#C[C@@](C)(C=O)Cc1cc(S(=O)(=O)N2CCC(Nc3ncc(OC(F)F)cn3)CC2)ccc1C#N. The molecule has 2 aromatic rings. The van der Waals surface area contributed by atoms with Crippen LogP contribution in [-0.4, -0.2) is 54.7 Å². The standard InChI is InChI=1S/C23H23F2N5O4S/c1-3-23(2,15-31)11-17-10-20(5-4-16(17)12-26)35(32,33)30-8-6-18(7-9-30)29-22-27-13-19(14-28-22)34-21(24)25/h1,4-5,10,13-15,18,21H,6-9,11H2,2H3,(H,27,28,29)/t23-/m1/s1. The van der Waals surface area contributed by atoms with Crippen molar-refractivity contribution in [1.82, 2.24) is 14.3 Å². The number of sulfonamides is 1. The first-order valence-electron chi connectivity index (χ1n) is 10.6. The first-order chi connectivity index (χ1) is 16.6. The molecule has 0 aliphatic carbocycles. The quantitative estimate of drug-likeness (QED) is 0.409. The lowest BCUT2D eigenvalue weighted by atomic mass is 9.84. The average molecular weight is 504 g/mol. The summed E-state index contributed by atoms with van der Waals surface area (Å²) in [6.07, 6.45) is 9.26. The number of terminal acetylenes is 1. The Labute approximate surface area is 202 Å². The largest absolute Gasteiger partial charge is 0.432 e. The molecule has 1 atom stereocenters. The lowest BCUT2D eigenvalue weighted by Crippen LogP contribution is -2.42. The second-order valence-corrected chi connectivity index (χ2v) is 10.2. The third kappa shape index (κ3) is 6.29. The molecule has 184 valence electrons. The van der Waals surface area contributed by atoms with Crippen LogP contribution in [0.15, 0.2) is 35.5 Å². The molecule has 0 unspecified atom stereocenters. The van der Waals surface area contributed by atoms with Gasteiger partial charge >= 0.3 is 6.61 Å². The van der Waals surface area contributed by atoms with Crippen molar-refractivity contribution in [2.24, 2.45) is 5.41 Å². The van der Waals surface area contributed by atoms with Gasteiger partial charge in [-0.1, -0.05) is 5.92 Å². The van der Waals surface area contributed by atoms with E-state index in [-0.39, 0.29) is 47.7 Å². The number of aldehydes is 1. The molecule has 0 radical (unpaired) electrons. The lowest BCUT2D eigenvalue weighted by Gasteiger charge is -2.31. The fourth-order valence-corrected chi connectivity index (χ4v) is 5.16. The number of anilines is 1. The molecule has 1 aromatic heterocycles. The van der Waals surface area contributed by atoms with Crippen LogP contribution >= 0.6 is 0 Å². The second kappa shape index (κ2) is 10.8. The highest BCUT2D eigenvalue weighted by molar-refractivity contribution is 7.89. The van der Waals surface area contributed by atoms with Crippen LogP contribution in [0.4, 0.5) is 14.7 Å². The van der Waals surface area contributed by atoms with Gasteiger partial charge in [0, 0.05) is 19.1 Å². The van der Waals surface area contributed by atoms with Gasteiger partial charge in [-0.15, -0.1) is 6.42 Å². The van der Waals surface area contributed by atoms with E-state index in [4.69, 9.17) is 6.42 Å². The molecule has 12 heteroatoms. The Morgan fingerprint density at radius 2 is 2.00 bits per heavy atom. The Morgan fingerprint density at radius 1 is 1.34 bits per heavy atom. The van der Waals surface area contributed by atoms with Crippen LogP contribution in [0.1, 0.15) is 30.9 Å². The normalized spacial score (nSPS) is 16.6. The number of carbonyl (C=O) groups excluding carboxylic acids is 1. The van der Waals surface area contributed by atoms with E-state index in [1.807, 2.05) is 6.07 Å². The minimum absolute atomic E-state index is 0.0149. The van der Waals surface area contributed by atoms with Gasteiger partial charge < -0.3 is 14.8 Å². The third-order valence-corrected chi connectivity index (χ3v) is 7.52. The van der Waals surface area contributed by atoms with Gasteiger partial charge in [-0.25, -0.2) is 18.4 Å². The van der Waals surface area contributed by atoms with Crippen LogP contribution in [0, 0.1) is 29.1 Å². The summed E-state index contributed by atoms with van der Waals surface area (Å²) in [6.45, 7) is -0.984. The maximum Gasteiger partial charge on any atom is 0.387 e. The summed E-state index contributed by atoms with van der Waals surface area (Å²) in [4.78, 5) is 19.3. The second-order valence-electron chi connectivity index (χ2n) is 8.23. The van der Waals surface area contributed by atoms with Crippen LogP contribution in [0.3, 0.4) is 0 Å². The Hall–Kier alpha value is -3.61. The van der Waals surface area contributed by atoms with E-state index < -0.39 is 22.0 Å². The Balaban J connectivity index is 1.68. The summed E-state index contributed by atoms with van der Waals surface area (Å²) >= 11 is 0. The Morgan fingerprint density at radius 3 is 2.54 bits per heavy atom. The molecular formula is C23H23F2N5O4S. The number of alkyl halides is 2. The number of ether oxygens (including phenoxy) is 1. The number of nitriles is 1. The monoisotopic (exact) mass is 503 g/mol. The summed E-state index contributed by atoms with van der Waals surface area (Å²) in [5, 5.41) is 12.5. The van der Waals surface area contributed by atoms with Gasteiger partial charge in [-0.3, -0.25) is 0 Å². The van der Waals surface area contributed by atoms with Gasteiger partial charge in [0.05, 0.1) is 34.3 Å². The number of piperidine rings is 1. The predicted molar refractivity (Wildman–Crippen MR) is 122 cm³/mol. The van der Waals surface area contributed by atoms with Crippen molar-refractivity contribution in [2.75, 3.05) is 18.4 Å². The smallest absolute Gasteiger partial charge is 0.387 e. The Kier molecular flexibility index (Phi) is 7.99. The molecule has 1 saturated heterocycles. The summed E-state index contributed by atoms with van der Waals surface area (Å²) in [5.41, 5.74) is -0.529. The third-order valence-electron chi connectivity index (χ3n) is 5.62. The van der Waals surface area contributed by atoms with Gasteiger partial charge in [0.1, 0.15) is 6.29 Å². The molecule has 1 N–H and O–H groups in total. The number of hydrogen-bond acceptors (Lipinski definition) is 8. The number of nitrogens with one attached hydrogen (secondary N) is 1. The molecular weight excluding hydrogens is 480 g/mol. The maximum absolute atomic E-state index is 13.2. The molecule has 35 heavy (non-hydrogen) atoms. The highest BCUT2D eigenvalue weighted by Gasteiger charge is 2.31. The van der Waals surface area contributed by atoms with Crippen LogP contribution in [0.25, 0.3) is 0 Å². The van der Waals surface area contributed by atoms with Gasteiger partial charge in [0.2, 0.25) is 16.0 Å². The Bertz CT molecular complexity index is 1250. The van der Waals surface area contributed by atoms with Gasteiger partial charge in [0.15, 0.2) is 5.75 Å². The molecule has 2 heterocycles. The van der Waals surface area contributed by atoms with E-state index >= 15 is 0 Å². The van der Waals surface area contributed by atoms with Crippen molar-refractivity contribution in [1.29, 1.82) is 5.26 Å². The van der Waals surface area contributed by atoms with E-state index in [9.17, 15) is 27.3 Å². The summed E-state index contributed by atoms with van der Waals surface area (Å²) < 4.78 is 56.5. The fraction of sp³-hybridized carbons (Fsp3) is 0.391. The zero-order valence-electron chi connectivity index (χ0n) is 18.8. The fourth-order valence-electron chi connectivity index (χ4n) is 3.63. The summed E-state index contributed by atoms with van der Waals surface area (Å²) in [5.74, 6) is 2.45. The molecule has 0 amide bonds. The first-order valence-corrected chi connectivity index (χ1v) is 12.0. The molecule has 0 bridgehead atoms. The molecule has 9 nitrogen and oxygen atoms in total. The van der Waals surface area contributed by atoms with Crippen molar-refractivity contribution < 1.29 is 26.7 Å². The van der Waals surface area contributed by atoms with Gasteiger partial charge in [0.25, 0.3) is 0 Å². The summed E-state index contributed by atoms with van der Waals surface area (Å²) in [7, 11) is -3.85.